The fourth-order valence-corrected chi connectivity index (χ4v) is 4.47. The predicted octanol–water partition coefficient (Wildman–Crippen LogP) is 0.299. The molecule has 0 aromatic carbocycles. The van der Waals surface area contributed by atoms with E-state index in [1.54, 1.807) is 4.90 Å². The van der Waals surface area contributed by atoms with Crippen molar-refractivity contribution < 1.29 is 13.2 Å². The molecule has 2 aliphatic rings. The lowest BCUT2D eigenvalue weighted by atomic mass is 10.2. The molecule has 2 amide bonds. The van der Waals surface area contributed by atoms with Crippen LogP contribution >= 0.6 is 0 Å². The molecular weight excluding hydrogens is 278 g/mol. The molecule has 2 heterocycles. The second-order valence-corrected chi connectivity index (χ2v) is 8.06. The highest BCUT2D eigenvalue weighted by atomic mass is 32.2. The molecule has 0 aromatic rings. The van der Waals surface area contributed by atoms with E-state index >= 15 is 0 Å². The monoisotopic (exact) mass is 303 g/mol. The minimum atomic E-state index is -2.94. The van der Waals surface area contributed by atoms with Crippen LogP contribution in [0.4, 0.5) is 4.79 Å². The van der Waals surface area contributed by atoms with Gasteiger partial charge in [-0.05, 0) is 19.8 Å². The van der Waals surface area contributed by atoms with Crippen molar-refractivity contribution in [3.05, 3.63) is 0 Å². The highest BCUT2D eigenvalue weighted by Gasteiger charge is 2.31. The molecule has 2 unspecified atom stereocenters. The van der Waals surface area contributed by atoms with Crippen molar-refractivity contribution in [2.24, 2.45) is 0 Å². The van der Waals surface area contributed by atoms with Gasteiger partial charge in [-0.15, -0.1) is 0 Å². The summed E-state index contributed by atoms with van der Waals surface area (Å²) in [7, 11) is -2.94. The van der Waals surface area contributed by atoms with Gasteiger partial charge in [0.25, 0.3) is 0 Å². The van der Waals surface area contributed by atoms with Gasteiger partial charge in [0.05, 0.1) is 11.5 Å². The summed E-state index contributed by atoms with van der Waals surface area (Å²) in [6.07, 6.45) is 1.66. The number of nitrogens with one attached hydrogen (secondary N) is 1. The third kappa shape index (κ3) is 3.85. The largest absolute Gasteiger partial charge is 0.334 e. The van der Waals surface area contributed by atoms with Crippen molar-refractivity contribution in [3.8, 4) is 0 Å². The van der Waals surface area contributed by atoms with Gasteiger partial charge in [0.1, 0.15) is 0 Å². The van der Waals surface area contributed by atoms with Gasteiger partial charge in [-0.3, -0.25) is 4.90 Å². The molecule has 2 aliphatic heterocycles. The highest BCUT2D eigenvalue weighted by Crippen LogP contribution is 2.13. The van der Waals surface area contributed by atoms with E-state index in [1.807, 2.05) is 0 Å². The van der Waals surface area contributed by atoms with Gasteiger partial charge in [0.15, 0.2) is 9.84 Å². The third-order valence-corrected chi connectivity index (χ3v) is 6.14. The van der Waals surface area contributed by atoms with Gasteiger partial charge in [-0.1, -0.05) is 6.92 Å². The average Bonchev–Trinajstić information content (AvgIpc) is 2.77. The van der Waals surface area contributed by atoms with Crippen molar-refractivity contribution in [1.29, 1.82) is 0 Å². The number of sulfone groups is 1. The average molecular weight is 303 g/mol. The molecular formula is C13H25N3O3S. The van der Waals surface area contributed by atoms with E-state index in [9.17, 15) is 13.2 Å². The van der Waals surface area contributed by atoms with E-state index < -0.39 is 9.84 Å². The molecule has 0 bridgehead atoms. The highest BCUT2D eigenvalue weighted by molar-refractivity contribution is 7.91. The predicted molar refractivity (Wildman–Crippen MR) is 78.5 cm³/mol. The molecule has 1 N–H and O–H groups in total. The summed E-state index contributed by atoms with van der Waals surface area (Å²) < 4.78 is 22.8. The summed E-state index contributed by atoms with van der Waals surface area (Å²) in [5, 5.41) is 2.85. The van der Waals surface area contributed by atoms with Gasteiger partial charge in [-0.2, -0.15) is 0 Å². The van der Waals surface area contributed by atoms with E-state index in [1.165, 1.54) is 0 Å². The summed E-state index contributed by atoms with van der Waals surface area (Å²) in [5.74, 6) is 0.283. The van der Waals surface area contributed by atoms with Gasteiger partial charge in [-0.25, -0.2) is 13.2 Å². The van der Waals surface area contributed by atoms with E-state index in [4.69, 9.17) is 0 Å². The lowest BCUT2D eigenvalue weighted by Crippen LogP contribution is -2.55. The minimum absolute atomic E-state index is 0.0889. The van der Waals surface area contributed by atoms with Crippen molar-refractivity contribution >= 4 is 15.9 Å². The Kier molecular flexibility index (Phi) is 4.90. The second-order valence-electron chi connectivity index (χ2n) is 5.83. The molecule has 20 heavy (non-hydrogen) atoms. The summed E-state index contributed by atoms with van der Waals surface area (Å²) in [6, 6.07) is 0.233. The number of hydrogen-bond donors (Lipinski definition) is 1. The second kappa shape index (κ2) is 6.30. The number of piperazine rings is 1. The maximum absolute atomic E-state index is 12.1. The smallest absolute Gasteiger partial charge is 0.317 e. The molecule has 6 nitrogen and oxygen atoms in total. The fraction of sp³-hybridized carbons (Fsp3) is 0.923. The van der Waals surface area contributed by atoms with Crippen LogP contribution in [0.15, 0.2) is 0 Å². The molecule has 7 heteroatoms. The van der Waals surface area contributed by atoms with Crippen LogP contribution in [0.2, 0.25) is 0 Å². The number of urea groups is 1. The zero-order chi connectivity index (χ0) is 14.8. The molecule has 0 aromatic heterocycles. The van der Waals surface area contributed by atoms with Crippen LogP contribution in [0.25, 0.3) is 0 Å². The first kappa shape index (κ1) is 15.6. The summed E-state index contributed by atoms with van der Waals surface area (Å²) >= 11 is 0. The Labute approximate surface area is 121 Å². The number of carbonyl (C=O) groups excluding carboxylic acids is 1. The van der Waals surface area contributed by atoms with Gasteiger partial charge < -0.3 is 10.2 Å². The lowest BCUT2D eigenvalue weighted by molar-refractivity contribution is 0.111. The van der Waals surface area contributed by atoms with Gasteiger partial charge >= 0.3 is 6.03 Å². The maximum Gasteiger partial charge on any atom is 0.317 e. The van der Waals surface area contributed by atoms with Crippen LogP contribution in [0.3, 0.4) is 0 Å². The van der Waals surface area contributed by atoms with Crippen LogP contribution < -0.4 is 5.32 Å². The normalized spacial score (nSPS) is 28.3. The molecule has 2 rings (SSSR count). The van der Waals surface area contributed by atoms with Gasteiger partial charge in [0, 0.05) is 38.3 Å². The number of hydrogen-bond acceptors (Lipinski definition) is 4. The van der Waals surface area contributed by atoms with E-state index in [0.29, 0.717) is 12.5 Å². The first-order valence-corrected chi connectivity index (χ1v) is 9.23. The molecule has 0 spiro atoms. The maximum atomic E-state index is 12.1. The first-order valence-electron chi connectivity index (χ1n) is 7.41. The standard InChI is InChI=1S/C13H25N3O3S/c1-3-11(2)15-5-7-16(8-6-15)13(17)14-12-4-9-20(18,19)10-12/h11-12H,3-10H2,1-2H3,(H,14,17). The Morgan fingerprint density at radius 3 is 2.45 bits per heavy atom. The van der Waals surface area contributed by atoms with Crippen LogP contribution in [0.5, 0.6) is 0 Å². The SMILES string of the molecule is CCC(C)N1CCN(C(=O)NC2CCS(=O)(=O)C2)CC1. The Morgan fingerprint density at radius 2 is 1.95 bits per heavy atom. The molecule has 0 aliphatic carbocycles. The van der Waals surface area contributed by atoms with Crippen molar-refractivity contribution in [2.45, 2.75) is 38.8 Å². The van der Waals surface area contributed by atoms with Crippen molar-refractivity contribution in [1.82, 2.24) is 15.1 Å². The molecule has 2 fully saturated rings. The third-order valence-electron chi connectivity index (χ3n) is 4.38. The minimum Gasteiger partial charge on any atom is -0.334 e. The fourth-order valence-electron chi connectivity index (χ4n) is 2.80. The zero-order valence-electron chi connectivity index (χ0n) is 12.3. The van der Waals surface area contributed by atoms with Crippen molar-refractivity contribution in [2.75, 3.05) is 37.7 Å². The summed E-state index contributed by atoms with van der Waals surface area (Å²) in [5.41, 5.74) is 0. The molecule has 2 atom stereocenters. The Hall–Kier alpha value is -0.820. The van der Waals surface area contributed by atoms with Crippen LogP contribution in [-0.2, 0) is 9.84 Å². The zero-order valence-corrected chi connectivity index (χ0v) is 13.2. The number of nitrogens with zero attached hydrogens (tertiary/aromatic N) is 2. The Morgan fingerprint density at radius 1 is 1.30 bits per heavy atom. The number of carbonyl (C=O) groups is 1. The molecule has 0 radical (unpaired) electrons. The van der Waals surface area contributed by atoms with E-state index in [-0.39, 0.29) is 23.6 Å². The number of amides is 2. The summed E-state index contributed by atoms with van der Waals surface area (Å²) in [4.78, 5) is 16.3. The quantitative estimate of drug-likeness (QED) is 0.814. The van der Waals surface area contributed by atoms with Crippen LogP contribution in [0.1, 0.15) is 26.7 Å². The van der Waals surface area contributed by atoms with Gasteiger partial charge in [0.2, 0.25) is 0 Å². The Bertz CT molecular complexity index is 444. The first-order chi connectivity index (χ1) is 9.41. The van der Waals surface area contributed by atoms with Crippen molar-refractivity contribution in [3.63, 3.8) is 0 Å². The van der Waals surface area contributed by atoms with E-state index in [0.717, 1.165) is 32.6 Å². The van der Waals surface area contributed by atoms with E-state index in [2.05, 4.69) is 24.1 Å². The molecule has 0 saturated carbocycles. The topological polar surface area (TPSA) is 69.7 Å². The van der Waals surface area contributed by atoms with Crippen LogP contribution in [-0.4, -0.2) is 74.0 Å². The summed E-state index contributed by atoms with van der Waals surface area (Å²) in [6.45, 7) is 7.60. The Balaban J connectivity index is 1.78. The van der Waals surface area contributed by atoms with Crippen LogP contribution in [0, 0.1) is 0 Å². The lowest BCUT2D eigenvalue weighted by Gasteiger charge is -2.38. The molecule has 2 saturated heterocycles. The molecule has 116 valence electrons. The number of rotatable bonds is 3.